The van der Waals surface area contributed by atoms with Crippen LogP contribution in [0.15, 0.2) is 24.3 Å². The molecular formula is C29H34N2O6. The van der Waals surface area contributed by atoms with Crippen molar-refractivity contribution in [1.29, 1.82) is 0 Å². The van der Waals surface area contributed by atoms with Crippen molar-refractivity contribution in [2.75, 3.05) is 32.7 Å². The van der Waals surface area contributed by atoms with E-state index in [4.69, 9.17) is 9.47 Å². The van der Waals surface area contributed by atoms with Gasteiger partial charge in [0.25, 0.3) is 0 Å². The molecule has 3 atom stereocenters. The highest BCUT2D eigenvalue weighted by molar-refractivity contribution is 5.94. The van der Waals surface area contributed by atoms with E-state index in [-0.39, 0.29) is 30.7 Å². The summed E-state index contributed by atoms with van der Waals surface area (Å²) >= 11 is 0. The number of hydrogen-bond acceptors (Lipinski definition) is 8. The molecule has 0 aromatic heterocycles. The Balaban J connectivity index is 1.13. The fraction of sp³-hybridized carbons (Fsp3) is 0.517. The minimum atomic E-state index is -0.644. The van der Waals surface area contributed by atoms with Crippen molar-refractivity contribution in [3.8, 4) is 0 Å². The number of likely N-dealkylation sites (tertiary alicyclic amines) is 2. The number of hydrogen-bond donors (Lipinski definition) is 2. The fourth-order valence-electron chi connectivity index (χ4n) is 6.95. The SMILES string of the molecule is Cc1c([C@@H](O)CN2CCC3(CCCN3C[C@H](O)c3ccc4c(c3C)COC4=O)C2)ccc2c1COC2=O. The van der Waals surface area contributed by atoms with E-state index in [0.29, 0.717) is 24.2 Å². The van der Waals surface area contributed by atoms with Crippen LogP contribution in [-0.2, 0) is 22.7 Å². The van der Waals surface area contributed by atoms with Gasteiger partial charge in [-0.2, -0.15) is 0 Å². The second-order valence-electron chi connectivity index (χ2n) is 11.1. The first-order valence-corrected chi connectivity index (χ1v) is 13.2. The fourth-order valence-corrected chi connectivity index (χ4v) is 6.95. The summed E-state index contributed by atoms with van der Waals surface area (Å²) in [7, 11) is 0. The molecule has 2 fully saturated rings. The van der Waals surface area contributed by atoms with Crippen molar-refractivity contribution in [2.45, 2.75) is 64.1 Å². The number of carbonyl (C=O) groups is 2. The average Bonchev–Trinajstić information content (AvgIpc) is 3.64. The number of aliphatic hydroxyl groups is 2. The number of nitrogens with zero attached hydrogens (tertiary/aromatic N) is 2. The van der Waals surface area contributed by atoms with Gasteiger partial charge in [-0.25, -0.2) is 9.59 Å². The third-order valence-corrected chi connectivity index (χ3v) is 9.11. The maximum absolute atomic E-state index is 11.9. The zero-order chi connectivity index (χ0) is 25.9. The highest BCUT2D eigenvalue weighted by atomic mass is 16.5. The van der Waals surface area contributed by atoms with E-state index in [1.807, 2.05) is 26.0 Å². The van der Waals surface area contributed by atoms with Gasteiger partial charge in [-0.3, -0.25) is 9.80 Å². The Morgan fingerprint density at radius 2 is 1.41 bits per heavy atom. The lowest BCUT2D eigenvalue weighted by atomic mass is 9.92. The van der Waals surface area contributed by atoms with Crippen LogP contribution in [0.1, 0.15) is 85.6 Å². The lowest BCUT2D eigenvalue weighted by Crippen LogP contribution is -2.48. The van der Waals surface area contributed by atoms with Crippen molar-refractivity contribution >= 4 is 11.9 Å². The van der Waals surface area contributed by atoms with Crippen LogP contribution in [0.3, 0.4) is 0 Å². The molecule has 8 heteroatoms. The maximum atomic E-state index is 11.9. The molecule has 2 aromatic rings. The number of esters is 2. The number of carbonyl (C=O) groups excluding carboxylic acids is 2. The molecular weight excluding hydrogens is 472 g/mol. The predicted molar refractivity (Wildman–Crippen MR) is 135 cm³/mol. The Hall–Kier alpha value is -2.78. The molecule has 0 saturated carbocycles. The molecule has 8 nitrogen and oxygen atoms in total. The van der Waals surface area contributed by atoms with Gasteiger partial charge >= 0.3 is 11.9 Å². The van der Waals surface area contributed by atoms with Gasteiger partial charge in [0.2, 0.25) is 0 Å². The quantitative estimate of drug-likeness (QED) is 0.577. The molecule has 196 valence electrons. The summed E-state index contributed by atoms with van der Waals surface area (Å²) in [5.41, 5.74) is 6.57. The summed E-state index contributed by atoms with van der Waals surface area (Å²) in [5.74, 6) is -0.580. The molecule has 0 bridgehead atoms. The van der Waals surface area contributed by atoms with Crippen LogP contribution < -0.4 is 0 Å². The van der Waals surface area contributed by atoms with E-state index in [2.05, 4.69) is 9.80 Å². The van der Waals surface area contributed by atoms with Gasteiger partial charge in [0.15, 0.2) is 0 Å². The van der Waals surface area contributed by atoms with Gasteiger partial charge in [-0.15, -0.1) is 0 Å². The van der Waals surface area contributed by atoms with Gasteiger partial charge in [-0.05, 0) is 74.0 Å². The van der Waals surface area contributed by atoms with Crippen LogP contribution in [0.4, 0.5) is 0 Å². The molecule has 1 spiro atoms. The Kier molecular flexibility index (Phi) is 6.11. The zero-order valence-corrected chi connectivity index (χ0v) is 21.5. The summed E-state index contributed by atoms with van der Waals surface area (Å²) in [6.07, 6.45) is 1.88. The molecule has 37 heavy (non-hydrogen) atoms. The van der Waals surface area contributed by atoms with Crippen LogP contribution in [0, 0.1) is 13.8 Å². The van der Waals surface area contributed by atoms with Crippen LogP contribution in [0.5, 0.6) is 0 Å². The van der Waals surface area contributed by atoms with Crippen molar-refractivity contribution in [2.24, 2.45) is 0 Å². The Labute approximate surface area is 216 Å². The standard InChI is InChI=1S/C29H34N2O6/c1-17-19(4-6-21-23(17)14-36-27(21)34)25(32)12-30-11-9-29(16-30)8-3-10-31(29)13-26(33)20-5-7-22-24(18(20)2)15-37-28(22)35/h4-7,25-26,32-33H,3,8-16H2,1-2H3/t25-,26-,29?/m0/s1. The number of benzene rings is 2. The zero-order valence-electron chi connectivity index (χ0n) is 21.5. The summed E-state index contributed by atoms with van der Waals surface area (Å²) in [6, 6.07) is 7.26. The molecule has 6 rings (SSSR count). The molecule has 4 aliphatic heterocycles. The summed E-state index contributed by atoms with van der Waals surface area (Å²) in [5, 5.41) is 22.4. The van der Waals surface area contributed by atoms with Gasteiger partial charge in [0.05, 0.1) is 23.3 Å². The van der Waals surface area contributed by atoms with Gasteiger partial charge in [0.1, 0.15) is 13.2 Å². The highest BCUT2D eigenvalue weighted by Crippen LogP contribution is 2.40. The smallest absolute Gasteiger partial charge is 0.338 e. The molecule has 4 heterocycles. The van der Waals surface area contributed by atoms with Gasteiger partial charge in [-0.1, -0.05) is 12.1 Å². The normalized spacial score (nSPS) is 24.9. The lowest BCUT2D eigenvalue weighted by Gasteiger charge is -2.37. The number of cyclic esters (lactones) is 2. The number of fused-ring (bicyclic) bond motifs is 2. The summed E-state index contributed by atoms with van der Waals surface area (Å²) in [6.45, 7) is 8.23. The van der Waals surface area contributed by atoms with Crippen LogP contribution in [0.2, 0.25) is 0 Å². The summed E-state index contributed by atoms with van der Waals surface area (Å²) < 4.78 is 10.3. The minimum absolute atomic E-state index is 0.00233. The Morgan fingerprint density at radius 3 is 2.00 bits per heavy atom. The van der Waals surface area contributed by atoms with Crippen LogP contribution in [-0.4, -0.2) is 70.2 Å². The minimum Gasteiger partial charge on any atom is -0.457 e. The highest BCUT2D eigenvalue weighted by Gasteiger charge is 2.46. The number of β-amino-alcohol motifs (C(OH)–C–C–N with tert-alkyl or cyclic N) is 2. The average molecular weight is 507 g/mol. The van der Waals surface area contributed by atoms with E-state index in [1.54, 1.807) is 12.1 Å². The van der Waals surface area contributed by atoms with E-state index in [1.165, 1.54) is 0 Å². The number of aliphatic hydroxyl groups excluding tert-OH is 2. The molecule has 0 amide bonds. The third-order valence-electron chi connectivity index (χ3n) is 9.11. The predicted octanol–water partition coefficient (Wildman–Crippen LogP) is 2.95. The topological polar surface area (TPSA) is 99.5 Å². The second-order valence-corrected chi connectivity index (χ2v) is 11.1. The maximum Gasteiger partial charge on any atom is 0.338 e. The number of rotatable bonds is 6. The molecule has 1 unspecified atom stereocenters. The Bertz CT molecular complexity index is 1280. The first kappa shape index (κ1) is 24.6. The van der Waals surface area contributed by atoms with E-state index in [9.17, 15) is 19.8 Å². The van der Waals surface area contributed by atoms with Crippen LogP contribution in [0.25, 0.3) is 0 Å². The van der Waals surface area contributed by atoms with Gasteiger partial charge in [0, 0.05) is 42.8 Å². The Morgan fingerprint density at radius 1 is 0.838 bits per heavy atom. The van der Waals surface area contributed by atoms with E-state index < -0.39 is 12.2 Å². The monoisotopic (exact) mass is 506 g/mol. The van der Waals surface area contributed by atoms with Gasteiger partial charge < -0.3 is 19.7 Å². The second kappa shape index (κ2) is 9.20. The number of ether oxygens (including phenoxy) is 2. The molecule has 0 radical (unpaired) electrons. The lowest BCUT2D eigenvalue weighted by molar-refractivity contribution is 0.0525. The molecule has 4 aliphatic rings. The van der Waals surface area contributed by atoms with Crippen molar-refractivity contribution < 1.29 is 29.3 Å². The van der Waals surface area contributed by atoms with Crippen molar-refractivity contribution in [1.82, 2.24) is 9.80 Å². The first-order chi connectivity index (χ1) is 17.8. The molecule has 0 aliphatic carbocycles. The first-order valence-electron chi connectivity index (χ1n) is 13.2. The summed E-state index contributed by atoms with van der Waals surface area (Å²) in [4.78, 5) is 28.5. The molecule has 2 saturated heterocycles. The van der Waals surface area contributed by atoms with Crippen molar-refractivity contribution in [3.63, 3.8) is 0 Å². The largest absolute Gasteiger partial charge is 0.457 e. The van der Waals surface area contributed by atoms with Crippen molar-refractivity contribution in [3.05, 3.63) is 68.8 Å². The molecule has 2 aromatic carbocycles. The van der Waals surface area contributed by atoms with E-state index in [0.717, 1.165) is 72.3 Å². The third kappa shape index (κ3) is 4.07. The van der Waals surface area contributed by atoms with Crippen LogP contribution >= 0.6 is 0 Å². The molecule has 2 N–H and O–H groups in total. The van der Waals surface area contributed by atoms with E-state index >= 15 is 0 Å².